The molecule has 0 unspecified atom stereocenters. The van der Waals surface area contributed by atoms with Crippen molar-refractivity contribution in [2.24, 2.45) is 0 Å². The number of piperazine rings is 1. The lowest BCUT2D eigenvalue weighted by Gasteiger charge is -2.35. The van der Waals surface area contributed by atoms with Crippen LogP contribution in [0.15, 0.2) is 55.1 Å². The van der Waals surface area contributed by atoms with Gasteiger partial charge in [0.15, 0.2) is 11.6 Å². The monoisotopic (exact) mass is 321 g/mol. The fourth-order valence-electron chi connectivity index (χ4n) is 2.90. The van der Waals surface area contributed by atoms with Gasteiger partial charge in [-0.05, 0) is 29.8 Å². The second kappa shape index (κ2) is 6.76. The minimum Gasteiger partial charge on any atom is -0.353 e. The van der Waals surface area contributed by atoms with Crippen molar-refractivity contribution in [1.29, 1.82) is 0 Å². The van der Waals surface area contributed by atoms with Crippen LogP contribution >= 0.6 is 0 Å². The Kier molecular flexibility index (Phi) is 4.16. The minimum absolute atomic E-state index is 0.735. The summed E-state index contributed by atoms with van der Waals surface area (Å²) in [6.45, 7) is 4.88. The van der Waals surface area contributed by atoms with Crippen LogP contribution in [0.1, 0.15) is 5.56 Å². The standard InChI is InChI=1S/C17H19N7/c1-3-15(13-18-6-1)14-22-9-11-23(12-10-22)16-4-5-17(21-20-16)24-8-2-7-19-24/h1-8,13H,9-12,14H2. The normalized spacial score (nSPS) is 15.6. The molecule has 0 radical (unpaired) electrons. The van der Waals surface area contributed by atoms with E-state index in [2.05, 4.69) is 36.1 Å². The number of rotatable bonds is 4. The predicted octanol–water partition coefficient (Wildman–Crippen LogP) is 1.38. The maximum Gasteiger partial charge on any atom is 0.175 e. The van der Waals surface area contributed by atoms with Gasteiger partial charge in [0, 0.05) is 57.5 Å². The summed E-state index contributed by atoms with van der Waals surface area (Å²) in [5, 5.41) is 12.8. The van der Waals surface area contributed by atoms with Crippen molar-refractivity contribution in [3.8, 4) is 5.82 Å². The van der Waals surface area contributed by atoms with Crippen LogP contribution < -0.4 is 4.90 Å². The lowest BCUT2D eigenvalue weighted by molar-refractivity contribution is 0.249. The van der Waals surface area contributed by atoms with Gasteiger partial charge < -0.3 is 4.90 Å². The summed E-state index contributed by atoms with van der Waals surface area (Å²) in [7, 11) is 0. The van der Waals surface area contributed by atoms with Gasteiger partial charge >= 0.3 is 0 Å². The van der Waals surface area contributed by atoms with Gasteiger partial charge in [0.2, 0.25) is 0 Å². The van der Waals surface area contributed by atoms with Crippen LogP contribution in [0.25, 0.3) is 5.82 Å². The van der Waals surface area contributed by atoms with Crippen molar-refractivity contribution in [3.05, 3.63) is 60.7 Å². The molecule has 3 aromatic heterocycles. The van der Waals surface area contributed by atoms with Crippen LogP contribution in [0.3, 0.4) is 0 Å². The van der Waals surface area contributed by atoms with E-state index in [-0.39, 0.29) is 0 Å². The third-order valence-electron chi connectivity index (χ3n) is 4.20. The molecule has 0 aromatic carbocycles. The Morgan fingerprint density at radius 2 is 1.71 bits per heavy atom. The largest absolute Gasteiger partial charge is 0.353 e. The van der Waals surface area contributed by atoms with E-state index in [0.717, 1.165) is 44.4 Å². The van der Waals surface area contributed by atoms with Gasteiger partial charge in [-0.15, -0.1) is 10.2 Å². The van der Waals surface area contributed by atoms with Gasteiger partial charge in [0.1, 0.15) is 0 Å². The zero-order valence-corrected chi connectivity index (χ0v) is 13.4. The molecule has 0 amide bonds. The van der Waals surface area contributed by atoms with Crippen molar-refractivity contribution < 1.29 is 0 Å². The minimum atomic E-state index is 0.735. The highest BCUT2D eigenvalue weighted by Gasteiger charge is 2.18. The van der Waals surface area contributed by atoms with Crippen molar-refractivity contribution in [3.63, 3.8) is 0 Å². The highest BCUT2D eigenvalue weighted by molar-refractivity contribution is 5.40. The first-order chi connectivity index (χ1) is 11.9. The van der Waals surface area contributed by atoms with Gasteiger partial charge in [-0.2, -0.15) is 5.10 Å². The Hall–Kier alpha value is -2.80. The average Bonchev–Trinajstić information content (AvgIpc) is 3.18. The fourth-order valence-corrected chi connectivity index (χ4v) is 2.90. The number of hydrogen-bond donors (Lipinski definition) is 0. The van der Waals surface area contributed by atoms with Gasteiger partial charge in [-0.25, -0.2) is 4.68 Å². The molecule has 1 fully saturated rings. The van der Waals surface area contributed by atoms with Crippen molar-refractivity contribution in [2.45, 2.75) is 6.54 Å². The average molecular weight is 321 g/mol. The van der Waals surface area contributed by atoms with Gasteiger partial charge in [0.25, 0.3) is 0 Å². The molecular weight excluding hydrogens is 302 g/mol. The molecule has 1 aliphatic rings. The fraction of sp³-hybridized carbons (Fsp3) is 0.294. The molecule has 1 saturated heterocycles. The van der Waals surface area contributed by atoms with Crippen LogP contribution in [-0.2, 0) is 6.54 Å². The van der Waals surface area contributed by atoms with Gasteiger partial charge in [-0.1, -0.05) is 6.07 Å². The maximum atomic E-state index is 4.35. The first-order valence-electron chi connectivity index (χ1n) is 8.08. The maximum absolute atomic E-state index is 4.35. The van der Waals surface area contributed by atoms with Crippen LogP contribution in [0.4, 0.5) is 5.82 Å². The molecule has 0 atom stereocenters. The molecule has 7 nitrogen and oxygen atoms in total. The topological polar surface area (TPSA) is 63.0 Å². The molecular formula is C17H19N7. The quantitative estimate of drug-likeness (QED) is 0.723. The Morgan fingerprint density at radius 1 is 0.875 bits per heavy atom. The van der Waals surface area contributed by atoms with Crippen molar-refractivity contribution >= 4 is 5.82 Å². The van der Waals surface area contributed by atoms with E-state index < -0.39 is 0 Å². The summed E-state index contributed by atoms with van der Waals surface area (Å²) in [5.74, 6) is 1.66. The Labute approximate surface area is 140 Å². The number of nitrogens with zero attached hydrogens (tertiary/aromatic N) is 7. The lowest BCUT2D eigenvalue weighted by Crippen LogP contribution is -2.46. The zero-order valence-electron chi connectivity index (χ0n) is 13.4. The molecule has 4 rings (SSSR count). The van der Waals surface area contributed by atoms with Crippen LogP contribution in [0.2, 0.25) is 0 Å². The van der Waals surface area contributed by atoms with E-state index in [1.807, 2.05) is 42.9 Å². The van der Waals surface area contributed by atoms with E-state index >= 15 is 0 Å². The summed E-state index contributed by atoms with van der Waals surface area (Å²) in [6.07, 6.45) is 7.34. The summed E-state index contributed by atoms with van der Waals surface area (Å²) in [6, 6.07) is 9.95. The highest BCUT2D eigenvalue weighted by atomic mass is 15.4. The second-order valence-electron chi connectivity index (χ2n) is 5.82. The summed E-state index contributed by atoms with van der Waals surface area (Å²) >= 11 is 0. The second-order valence-corrected chi connectivity index (χ2v) is 5.82. The molecule has 24 heavy (non-hydrogen) atoms. The highest BCUT2D eigenvalue weighted by Crippen LogP contribution is 2.15. The number of aromatic nitrogens is 5. The third kappa shape index (κ3) is 3.26. The van der Waals surface area contributed by atoms with E-state index in [1.54, 1.807) is 10.9 Å². The summed E-state index contributed by atoms with van der Waals surface area (Å²) < 4.78 is 1.71. The lowest BCUT2D eigenvalue weighted by atomic mass is 10.2. The SMILES string of the molecule is c1cncc(CN2CCN(c3ccc(-n4cccn4)nn3)CC2)c1. The van der Waals surface area contributed by atoms with Crippen LogP contribution in [0, 0.1) is 0 Å². The molecule has 0 bridgehead atoms. The molecule has 0 aliphatic carbocycles. The van der Waals surface area contributed by atoms with Crippen LogP contribution in [-0.4, -0.2) is 56.0 Å². The first-order valence-corrected chi connectivity index (χ1v) is 8.08. The number of anilines is 1. The van der Waals surface area contributed by atoms with Gasteiger partial charge in [-0.3, -0.25) is 9.88 Å². The third-order valence-corrected chi connectivity index (χ3v) is 4.20. The smallest absolute Gasteiger partial charge is 0.175 e. The predicted molar refractivity (Wildman–Crippen MR) is 90.9 cm³/mol. The summed E-state index contributed by atoms with van der Waals surface area (Å²) in [4.78, 5) is 8.90. The molecule has 0 N–H and O–H groups in total. The number of hydrogen-bond acceptors (Lipinski definition) is 6. The van der Waals surface area contributed by atoms with E-state index in [0.29, 0.717) is 0 Å². The Balaban J connectivity index is 1.35. The van der Waals surface area contributed by atoms with E-state index in [9.17, 15) is 0 Å². The first kappa shape index (κ1) is 14.8. The molecule has 0 spiro atoms. The molecule has 3 aromatic rings. The molecule has 122 valence electrons. The van der Waals surface area contributed by atoms with Crippen molar-refractivity contribution in [2.75, 3.05) is 31.1 Å². The summed E-state index contributed by atoms with van der Waals surface area (Å²) in [5.41, 5.74) is 1.26. The van der Waals surface area contributed by atoms with Crippen LogP contribution in [0.5, 0.6) is 0 Å². The molecule has 1 aliphatic heterocycles. The Morgan fingerprint density at radius 3 is 2.38 bits per heavy atom. The number of pyridine rings is 1. The molecule has 0 saturated carbocycles. The molecule has 7 heteroatoms. The zero-order chi connectivity index (χ0) is 16.2. The van der Waals surface area contributed by atoms with E-state index in [1.165, 1.54) is 5.56 Å². The molecule has 4 heterocycles. The van der Waals surface area contributed by atoms with Crippen molar-refractivity contribution in [1.82, 2.24) is 29.9 Å². The Bertz CT molecular complexity index is 747. The van der Waals surface area contributed by atoms with E-state index in [4.69, 9.17) is 0 Å². The van der Waals surface area contributed by atoms with Gasteiger partial charge in [0.05, 0.1) is 0 Å².